The van der Waals surface area contributed by atoms with Gasteiger partial charge in [0.15, 0.2) is 17.5 Å². The number of carboxylic acids is 1. The van der Waals surface area contributed by atoms with Crippen LogP contribution in [0.5, 0.6) is 0 Å². The summed E-state index contributed by atoms with van der Waals surface area (Å²) in [6.07, 6.45) is 2.92. The van der Waals surface area contributed by atoms with Crippen molar-refractivity contribution in [2.45, 2.75) is 49.1 Å². The molecule has 0 amide bonds. The zero-order chi connectivity index (χ0) is 17.6. The van der Waals surface area contributed by atoms with Gasteiger partial charge in [-0.25, -0.2) is 21.6 Å². The lowest BCUT2D eigenvalue weighted by atomic mass is 9.85. The van der Waals surface area contributed by atoms with Crippen molar-refractivity contribution in [3.05, 3.63) is 29.6 Å². The van der Waals surface area contributed by atoms with Gasteiger partial charge in [-0.15, -0.1) is 0 Å². The topological polar surface area (TPSA) is 74.7 Å². The fraction of sp³-hybridized carbons (Fsp3) is 0.533. The van der Waals surface area contributed by atoms with Crippen molar-refractivity contribution in [1.82, 2.24) is 4.31 Å². The molecule has 24 heavy (non-hydrogen) atoms. The monoisotopic (exact) mass is 363 g/mol. The first-order chi connectivity index (χ1) is 11.2. The molecule has 0 bridgehead atoms. The third-order valence-electron chi connectivity index (χ3n) is 4.87. The summed E-state index contributed by atoms with van der Waals surface area (Å²) >= 11 is 0. The Hall–Kier alpha value is -1.61. The van der Waals surface area contributed by atoms with Crippen LogP contribution in [0.4, 0.5) is 13.2 Å². The first kappa shape index (κ1) is 17.2. The Balaban J connectivity index is 2.10. The summed E-state index contributed by atoms with van der Waals surface area (Å²) < 4.78 is 67.0. The maximum absolute atomic E-state index is 14.0. The highest BCUT2D eigenvalue weighted by Gasteiger charge is 2.51. The van der Waals surface area contributed by atoms with E-state index in [2.05, 4.69) is 0 Å². The number of carbonyl (C=O) groups is 1. The van der Waals surface area contributed by atoms with Crippen LogP contribution in [-0.4, -0.2) is 35.9 Å². The highest BCUT2D eigenvalue weighted by Crippen LogP contribution is 2.43. The normalized spacial score (nSPS) is 27.9. The molecular formula is C15H16F3NO4S. The predicted molar refractivity (Wildman–Crippen MR) is 77.1 cm³/mol. The van der Waals surface area contributed by atoms with E-state index in [9.17, 15) is 31.5 Å². The molecule has 1 N–H and O–H groups in total. The Kier molecular flexibility index (Phi) is 4.33. The minimum Gasteiger partial charge on any atom is -0.480 e. The summed E-state index contributed by atoms with van der Waals surface area (Å²) in [5, 5.41) is 9.37. The van der Waals surface area contributed by atoms with Crippen molar-refractivity contribution in [3.63, 3.8) is 0 Å². The molecule has 0 spiro atoms. The van der Waals surface area contributed by atoms with E-state index in [0.29, 0.717) is 25.0 Å². The summed E-state index contributed by atoms with van der Waals surface area (Å²) in [5.74, 6) is -6.65. The Morgan fingerprint density at radius 3 is 2.46 bits per heavy atom. The van der Waals surface area contributed by atoms with Crippen LogP contribution >= 0.6 is 0 Å². The molecule has 3 unspecified atom stereocenters. The number of nitrogens with zero attached hydrogens (tertiary/aromatic N) is 1. The van der Waals surface area contributed by atoms with Gasteiger partial charge in [-0.2, -0.15) is 4.31 Å². The minimum atomic E-state index is -4.60. The van der Waals surface area contributed by atoms with E-state index < -0.39 is 50.4 Å². The Morgan fingerprint density at radius 2 is 1.79 bits per heavy atom. The molecule has 3 atom stereocenters. The van der Waals surface area contributed by atoms with Crippen LogP contribution in [0.25, 0.3) is 0 Å². The molecule has 1 aliphatic carbocycles. The lowest BCUT2D eigenvalue weighted by Crippen LogP contribution is -2.46. The van der Waals surface area contributed by atoms with Crippen LogP contribution < -0.4 is 0 Å². The number of hydrogen-bond acceptors (Lipinski definition) is 3. The van der Waals surface area contributed by atoms with Gasteiger partial charge in [0.1, 0.15) is 10.9 Å². The Morgan fingerprint density at radius 1 is 1.12 bits per heavy atom. The molecule has 132 valence electrons. The molecule has 5 nitrogen and oxygen atoms in total. The summed E-state index contributed by atoms with van der Waals surface area (Å²) in [6, 6.07) is -0.721. The van der Waals surface area contributed by atoms with Gasteiger partial charge in [-0.05, 0) is 37.3 Å². The summed E-state index contributed by atoms with van der Waals surface area (Å²) in [4.78, 5) is 10.5. The molecule has 3 rings (SSSR count). The highest BCUT2D eigenvalue weighted by molar-refractivity contribution is 7.89. The van der Waals surface area contributed by atoms with Gasteiger partial charge in [0.05, 0.1) is 0 Å². The van der Waals surface area contributed by atoms with E-state index in [1.165, 1.54) is 0 Å². The smallest absolute Gasteiger partial charge is 0.322 e. The molecule has 1 aromatic carbocycles. The van der Waals surface area contributed by atoms with Gasteiger partial charge in [0.25, 0.3) is 0 Å². The molecule has 2 aliphatic rings. The average Bonchev–Trinajstić information content (AvgIpc) is 2.93. The third-order valence-corrected chi connectivity index (χ3v) is 6.82. The maximum atomic E-state index is 14.0. The first-order valence-electron chi connectivity index (χ1n) is 7.65. The lowest BCUT2D eigenvalue weighted by Gasteiger charge is -2.32. The Bertz CT molecular complexity index is 783. The maximum Gasteiger partial charge on any atom is 0.322 e. The van der Waals surface area contributed by atoms with Crippen molar-refractivity contribution < 1.29 is 31.5 Å². The quantitative estimate of drug-likeness (QED) is 0.838. The second-order valence-electron chi connectivity index (χ2n) is 6.21. The largest absolute Gasteiger partial charge is 0.480 e. The fourth-order valence-corrected chi connectivity index (χ4v) is 5.72. The van der Waals surface area contributed by atoms with Crippen LogP contribution in [-0.2, 0) is 14.8 Å². The molecule has 9 heteroatoms. The molecule has 1 aliphatic heterocycles. The van der Waals surface area contributed by atoms with Crippen LogP contribution in [0.15, 0.2) is 17.0 Å². The molecule has 1 saturated carbocycles. The van der Waals surface area contributed by atoms with E-state index in [1.54, 1.807) is 0 Å². The van der Waals surface area contributed by atoms with E-state index in [4.69, 9.17) is 0 Å². The SMILES string of the molecule is O=C(O)C1CC2CCCCC2N1S(=O)(=O)c1ccc(F)c(F)c1F. The molecule has 0 aromatic heterocycles. The standard InChI is InChI=1S/C15H16F3NO4S/c16-9-5-6-12(14(18)13(9)17)24(22,23)19-10-4-2-1-3-8(10)7-11(19)15(20)21/h5-6,8,10-11H,1-4,7H2,(H,20,21). The summed E-state index contributed by atoms with van der Waals surface area (Å²) in [5.41, 5.74) is 0. The molecule has 0 radical (unpaired) electrons. The van der Waals surface area contributed by atoms with Crippen LogP contribution in [0.1, 0.15) is 32.1 Å². The van der Waals surface area contributed by atoms with Crippen LogP contribution in [0.2, 0.25) is 0 Å². The first-order valence-corrected chi connectivity index (χ1v) is 9.09. The fourth-order valence-electron chi connectivity index (χ4n) is 3.80. The van der Waals surface area contributed by atoms with Gasteiger partial charge >= 0.3 is 5.97 Å². The summed E-state index contributed by atoms with van der Waals surface area (Å²) in [6.45, 7) is 0. The Labute approximate surface area is 137 Å². The number of halogens is 3. The number of fused-ring (bicyclic) bond motifs is 1. The van der Waals surface area contributed by atoms with Crippen molar-refractivity contribution in [2.24, 2.45) is 5.92 Å². The van der Waals surface area contributed by atoms with Crippen molar-refractivity contribution in [3.8, 4) is 0 Å². The van der Waals surface area contributed by atoms with Gasteiger partial charge in [-0.1, -0.05) is 12.8 Å². The number of rotatable bonds is 3. The molecule has 1 heterocycles. The second-order valence-corrected chi connectivity index (χ2v) is 8.02. The van der Waals surface area contributed by atoms with Crippen LogP contribution in [0.3, 0.4) is 0 Å². The predicted octanol–water partition coefficient (Wildman–Crippen LogP) is 2.51. The summed E-state index contributed by atoms with van der Waals surface area (Å²) in [7, 11) is -4.60. The highest BCUT2D eigenvalue weighted by atomic mass is 32.2. The van der Waals surface area contributed by atoms with Crippen molar-refractivity contribution in [1.29, 1.82) is 0 Å². The average molecular weight is 363 g/mol. The van der Waals surface area contributed by atoms with Gasteiger partial charge in [-0.3, -0.25) is 4.79 Å². The van der Waals surface area contributed by atoms with E-state index >= 15 is 0 Å². The minimum absolute atomic E-state index is 0.122. The van der Waals surface area contributed by atoms with Gasteiger partial charge in [0, 0.05) is 6.04 Å². The van der Waals surface area contributed by atoms with Gasteiger partial charge in [0.2, 0.25) is 10.0 Å². The number of hydrogen-bond donors (Lipinski definition) is 1. The van der Waals surface area contributed by atoms with Crippen molar-refractivity contribution in [2.75, 3.05) is 0 Å². The van der Waals surface area contributed by atoms with Gasteiger partial charge < -0.3 is 5.11 Å². The number of sulfonamides is 1. The lowest BCUT2D eigenvalue weighted by molar-refractivity contribution is -0.141. The molecule has 2 fully saturated rings. The van der Waals surface area contributed by atoms with E-state index in [-0.39, 0.29) is 12.3 Å². The van der Waals surface area contributed by atoms with E-state index in [1.807, 2.05) is 0 Å². The zero-order valence-corrected chi connectivity index (χ0v) is 13.4. The number of benzene rings is 1. The van der Waals surface area contributed by atoms with E-state index in [0.717, 1.165) is 17.1 Å². The third kappa shape index (κ3) is 2.59. The number of aliphatic carboxylic acids is 1. The number of carboxylic acid groups (broad SMARTS) is 1. The zero-order valence-electron chi connectivity index (χ0n) is 12.6. The molecule has 1 saturated heterocycles. The molecular weight excluding hydrogens is 347 g/mol. The van der Waals surface area contributed by atoms with Crippen LogP contribution in [0, 0.1) is 23.4 Å². The molecule has 1 aromatic rings. The van der Waals surface area contributed by atoms with Crippen molar-refractivity contribution >= 4 is 16.0 Å². The second kappa shape index (κ2) is 6.03.